The first-order valence-electron chi connectivity index (χ1n) is 7.74. The van der Waals surface area contributed by atoms with E-state index in [2.05, 4.69) is 15.5 Å². The summed E-state index contributed by atoms with van der Waals surface area (Å²) < 4.78 is 0. The Morgan fingerprint density at radius 3 is 2.76 bits per heavy atom. The van der Waals surface area contributed by atoms with E-state index in [9.17, 15) is 4.79 Å². The van der Waals surface area contributed by atoms with Gasteiger partial charge in [-0.25, -0.2) is 0 Å². The van der Waals surface area contributed by atoms with Gasteiger partial charge in [0, 0.05) is 30.3 Å². The zero-order valence-corrected chi connectivity index (χ0v) is 13.4. The van der Waals surface area contributed by atoms with Crippen LogP contribution in [-0.4, -0.2) is 43.5 Å². The van der Waals surface area contributed by atoms with Crippen molar-refractivity contribution in [3.63, 3.8) is 0 Å². The molecule has 1 aliphatic heterocycles. The molecule has 5 heteroatoms. The molecule has 0 saturated carbocycles. The highest BCUT2D eigenvalue weighted by atomic mass is 35.5. The Labute approximate surface area is 131 Å². The van der Waals surface area contributed by atoms with Gasteiger partial charge in [0.25, 0.3) is 5.91 Å². The SMILES string of the molecule is CCNc1cc(Cl)ccc1C(=O)NCCN1CCCCC1. The molecular weight excluding hydrogens is 286 g/mol. The average Bonchev–Trinajstić information content (AvgIpc) is 2.49. The van der Waals surface area contributed by atoms with Gasteiger partial charge < -0.3 is 15.5 Å². The van der Waals surface area contributed by atoms with E-state index in [-0.39, 0.29) is 5.91 Å². The molecule has 1 aromatic carbocycles. The van der Waals surface area contributed by atoms with Crippen LogP contribution < -0.4 is 10.6 Å². The summed E-state index contributed by atoms with van der Waals surface area (Å²) in [5.74, 6) is -0.0420. The Bertz CT molecular complexity index is 473. The molecular formula is C16H24ClN3O. The monoisotopic (exact) mass is 309 g/mol. The first-order chi connectivity index (χ1) is 10.2. The smallest absolute Gasteiger partial charge is 0.253 e. The molecule has 2 N–H and O–H groups in total. The number of amides is 1. The molecule has 0 unspecified atom stereocenters. The van der Waals surface area contributed by atoms with Crippen LogP contribution in [0, 0.1) is 0 Å². The maximum atomic E-state index is 12.3. The van der Waals surface area contributed by atoms with Gasteiger partial charge in [0.15, 0.2) is 0 Å². The minimum absolute atomic E-state index is 0.0420. The molecule has 116 valence electrons. The van der Waals surface area contributed by atoms with Crippen molar-refractivity contribution in [2.45, 2.75) is 26.2 Å². The summed E-state index contributed by atoms with van der Waals surface area (Å²) in [5.41, 5.74) is 1.44. The Morgan fingerprint density at radius 2 is 2.05 bits per heavy atom. The Kier molecular flexibility index (Phi) is 6.33. The Hall–Kier alpha value is -1.26. The van der Waals surface area contributed by atoms with Crippen molar-refractivity contribution in [3.05, 3.63) is 28.8 Å². The van der Waals surface area contributed by atoms with Gasteiger partial charge in [0.2, 0.25) is 0 Å². The van der Waals surface area contributed by atoms with Gasteiger partial charge in [-0.15, -0.1) is 0 Å². The molecule has 1 saturated heterocycles. The van der Waals surface area contributed by atoms with Crippen molar-refractivity contribution in [1.82, 2.24) is 10.2 Å². The molecule has 0 atom stereocenters. The lowest BCUT2D eigenvalue weighted by molar-refractivity contribution is 0.0947. The van der Waals surface area contributed by atoms with Crippen LogP contribution in [0.4, 0.5) is 5.69 Å². The van der Waals surface area contributed by atoms with Crippen LogP contribution in [0.1, 0.15) is 36.5 Å². The van der Waals surface area contributed by atoms with Crippen LogP contribution in [0.5, 0.6) is 0 Å². The van der Waals surface area contributed by atoms with Gasteiger partial charge in [0.05, 0.1) is 5.56 Å². The lowest BCUT2D eigenvalue weighted by Crippen LogP contribution is -2.37. The van der Waals surface area contributed by atoms with Crippen LogP contribution in [0.25, 0.3) is 0 Å². The Balaban J connectivity index is 1.87. The highest BCUT2D eigenvalue weighted by molar-refractivity contribution is 6.31. The molecule has 0 bridgehead atoms. The number of nitrogens with one attached hydrogen (secondary N) is 2. The highest BCUT2D eigenvalue weighted by Crippen LogP contribution is 2.21. The van der Waals surface area contributed by atoms with Gasteiger partial charge in [0.1, 0.15) is 0 Å². The van der Waals surface area contributed by atoms with E-state index in [0.717, 1.165) is 31.9 Å². The molecule has 0 spiro atoms. The van der Waals surface area contributed by atoms with Gasteiger partial charge in [-0.3, -0.25) is 4.79 Å². The van der Waals surface area contributed by atoms with Crippen LogP contribution in [0.2, 0.25) is 5.02 Å². The summed E-state index contributed by atoms with van der Waals surface area (Å²) in [5, 5.41) is 6.82. The van der Waals surface area contributed by atoms with Crippen molar-refractivity contribution in [2.24, 2.45) is 0 Å². The molecule has 21 heavy (non-hydrogen) atoms. The maximum Gasteiger partial charge on any atom is 0.253 e. The zero-order chi connectivity index (χ0) is 15.1. The quantitative estimate of drug-likeness (QED) is 0.849. The molecule has 1 amide bonds. The minimum Gasteiger partial charge on any atom is -0.385 e. The molecule has 4 nitrogen and oxygen atoms in total. The molecule has 1 heterocycles. The number of benzene rings is 1. The molecule has 0 aliphatic carbocycles. The second-order valence-corrected chi connectivity index (χ2v) is 5.81. The van der Waals surface area contributed by atoms with Crippen molar-refractivity contribution in [3.8, 4) is 0 Å². The van der Waals surface area contributed by atoms with Crippen LogP contribution in [0.15, 0.2) is 18.2 Å². The van der Waals surface area contributed by atoms with Crippen molar-refractivity contribution in [2.75, 3.05) is 38.0 Å². The predicted octanol–water partition coefficient (Wildman–Crippen LogP) is 2.99. The van der Waals surface area contributed by atoms with E-state index in [1.54, 1.807) is 18.2 Å². The fraction of sp³-hybridized carbons (Fsp3) is 0.562. The fourth-order valence-electron chi connectivity index (χ4n) is 2.66. The van der Waals surface area contributed by atoms with E-state index < -0.39 is 0 Å². The number of hydrogen-bond donors (Lipinski definition) is 2. The first-order valence-corrected chi connectivity index (χ1v) is 8.12. The fourth-order valence-corrected chi connectivity index (χ4v) is 2.83. The van der Waals surface area contributed by atoms with Crippen LogP contribution in [0.3, 0.4) is 0 Å². The average molecular weight is 310 g/mol. The summed E-state index contributed by atoms with van der Waals surface area (Å²) in [7, 11) is 0. The number of carbonyl (C=O) groups is 1. The van der Waals surface area contributed by atoms with Crippen LogP contribution >= 0.6 is 11.6 Å². The summed E-state index contributed by atoms with van der Waals surface area (Å²) in [6.45, 7) is 6.68. The number of halogens is 1. The number of anilines is 1. The minimum atomic E-state index is -0.0420. The van der Waals surface area contributed by atoms with E-state index in [1.807, 2.05) is 6.92 Å². The van der Waals surface area contributed by atoms with Crippen molar-refractivity contribution >= 4 is 23.2 Å². The summed E-state index contributed by atoms with van der Waals surface area (Å²) in [4.78, 5) is 14.7. The topological polar surface area (TPSA) is 44.4 Å². The molecule has 2 rings (SSSR count). The van der Waals surface area contributed by atoms with Crippen molar-refractivity contribution < 1.29 is 4.79 Å². The number of piperidine rings is 1. The van der Waals surface area contributed by atoms with Gasteiger partial charge in [-0.2, -0.15) is 0 Å². The number of carbonyl (C=O) groups excluding carboxylic acids is 1. The highest BCUT2D eigenvalue weighted by Gasteiger charge is 2.13. The molecule has 0 radical (unpaired) electrons. The van der Waals surface area contributed by atoms with Gasteiger partial charge in [-0.05, 0) is 51.1 Å². The number of likely N-dealkylation sites (tertiary alicyclic amines) is 1. The van der Waals surface area contributed by atoms with E-state index in [1.165, 1.54) is 19.3 Å². The second kappa shape index (κ2) is 8.25. The third kappa shape index (κ3) is 4.90. The number of hydrogen-bond acceptors (Lipinski definition) is 3. The van der Waals surface area contributed by atoms with Crippen molar-refractivity contribution in [1.29, 1.82) is 0 Å². The normalized spacial score (nSPS) is 15.7. The molecule has 0 aromatic heterocycles. The van der Waals surface area contributed by atoms with E-state index in [4.69, 9.17) is 11.6 Å². The zero-order valence-electron chi connectivity index (χ0n) is 12.6. The van der Waals surface area contributed by atoms with Gasteiger partial charge in [-0.1, -0.05) is 18.0 Å². The Morgan fingerprint density at radius 1 is 1.29 bits per heavy atom. The third-order valence-corrected chi connectivity index (χ3v) is 3.99. The second-order valence-electron chi connectivity index (χ2n) is 5.38. The standard InChI is InChI=1S/C16H24ClN3O/c1-2-18-15-12-13(17)6-7-14(15)16(21)19-8-11-20-9-4-3-5-10-20/h6-7,12,18H,2-5,8-11H2,1H3,(H,19,21). The third-order valence-electron chi connectivity index (χ3n) is 3.76. The first kappa shape index (κ1) is 16.1. The predicted molar refractivity (Wildman–Crippen MR) is 88.2 cm³/mol. The lowest BCUT2D eigenvalue weighted by Gasteiger charge is -2.26. The maximum absolute atomic E-state index is 12.3. The van der Waals surface area contributed by atoms with E-state index in [0.29, 0.717) is 17.1 Å². The van der Waals surface area contributed by atoms with Crippen LogP contribution in [-0.2, 0) is 0 Å². The van der Waals surface area contributed by atoms with Gasteiger partial charge >= 0.3 is 0 Å². The van der Waals surface area contributed by atoms with E-state index >= 15 is 0 Å². The molecule has 1 aliphatic rings. The summed E-state index contributed by atoms with van der Waals surface area (Å²) in [6.07, 6.45) is 3.88. The number of nitrogens with zero attached hydrogens (tertiary/aromatic N) is 1. The summed E-state index contributed by atoms with van der Waals surface area (Å²) in [6, 6.07) is 5.32. The summed E-state index contributed by atoms with van der Waals surface area (Å²) >= 11 is 5.98. The molecule has 1 fully saturated rings. The molecule has 1 aromatic rings. The lowest BCUT2D eigenvalue weighted by atomic mass is 10.1. The largest absolute Gasteiger partial charge is 0.385 e. The number of rotatable bonds is 6.